The van der Waals surface area contributed by atoms with Crippen LogP contribution in [0.5, 0.6) is 0 Å². The number of nitro groups is 1. The normalized spacial score (nSPS) is 11.0. The van der Waals surface area contributed by atoms with Crippen molar-refractivity contribution in [3.63, 3.8) is 0 Å². The number of nitrogens with zero attached hydrogens (tertiary/aromatic N) is 4. The van der Waals surface area contributed by atoms with Crippen LogP contribution in [0.4, 0.5) is 5.69 Å². The molecule has 2 rings (SSSR count). The highest BCUT2D eigenvalue weighted by molar-refractivity contribution is 5.47. The Morgan fingerprint density at radius 2 is 2.20 bits per heavy atom. The smallest absolute Gasteiger partial charge is 0.269 e. The molecule has 7 nitrogen and oxygen atoms in total. The number of aromatic nitrogens is 3. The monoisotopic (exact) mass is 275 g/mol. The Morgan fingerprint density at radius 3 is 2.80 bits per heavy atom. The van der Waals surface area contributed by atoms with Crippen LogP contribution < -0.4 is 5.32 Å². The van der Waals surface area contributed by atoms with Crippen LogP contribution in [0.2, 0.25) is 0 Å². The number of aryl methyl sites for hydroxylation is 1. The van der Waals surface area contributed by atoms with Gasteiger partial charge in [0.2, 0.25) is 0 Å². The minimum Gasteiger partial charge on any atom is -0.309 e. The molecule has 0 unspecified atom stereocenters. The Balaban J connectivity index is 2.21. The van der Waals surface area contributed by atoms with E-state index in [2.05, 4.69) is 29.5 Å². The minimum absolute atomic E-state index is 0.0769. The third-order valence-corrected chi connectivity index (χ3v) is 2.87. The first-order valence-corrected chi connectivity index (χ1v) is 6.37. The summed E-state index contributed by atoms with van der Waals surface area (Å²) in [5.74, 6) is 0. The van der Waals surface area contributed by atoms with Crippen molar-refractivity contribution in [1.82, 2.24) is 20.3 Å². The number of nitro benzene ring substituents is 1. The second-order valence-electron chi connectivity index (χ2n) is 4.92. The van der Waals surface area contributed by atoms with Gasteiger partial charge in [-0.05, 0) is 18.6 Å². The fraction of sp³-hybridized carbons (Fsp3) is 0.385. The van der Waals surface area contributed by atoms with Gasteiger partial charge in [0.1, 0.15) is 0 Å². The van der Waals surface area contributed by atoms with Gasteiger partial charge in [0.05, 0.1) is 22.5 Å². The SMILES string of the molecule is Cc1cc([N+](=O)[O-])ccc1-n1cc(CNC(C)C)nn1. The van der Waals surface area contributed by atoms with Crippen molar-refractivity contribution in [2.75, 3.05) is 0 Å². The average molecular weight is 275 g/mol. The quantitative estimate of drug-likeness (QED) is 0.666. The molecule has 7 heteroatoms. The molecule has 0 aliphatic rings. The molecule has 0 amide bonds. The molecule has 1 N–H and O–H groups in total. The van der Waals surface area contributed by atoms with E-state index in [4.69, 9.17) is 0 Å². The molecule has 0 bridgehead atoms. The van der Waals surface area contributed by atoms with Crippen molar-refractivity contribution in [3.8, 4) is 5.69 Å². The first-order valence-electron chi connectivity index (χ1n) is 6.37. The highest BCUT2D eigenvalue weighted by Crippen LogP contribution is 2.19. The van der Waals surface area contributed by atoms with Crippen LogP contribution in [0, 0.1) is 17.0 Å². The topological polar surface area (TPSA) is 85.9 Å². The highest BCUT2D eigenvalue weighted by atomic mass is 16.6. The van der Waals surface area contributed by atoms with Crippen LogP contribution in [0.1, 0.15) is 25.1 Å². The third kappa shape index (κ3) is 3.18. The van der Waals surface area contributed by atoms with E-state index in [1.807, 2.05) is 13.1 Å². The van der Waals surface area contributed by atoms with Crippen LogP contribution in [0.3, 0.4) is 0 Å². The van der Waals surface area contributed by atoms with E-state index in [1.54, 1.807) is 10.7 Å². The molecule has 0 aliphatic heterocycles. The van der Waals surface area contributed by atoms with Gasteiger partial charge in [-0.2, -0.15) is 0 Å². The predicted molar refractivity (Wildman–Crippen MR) is 74.7 cm³/mol. The Morgan fingerprint density at radius 1 is 1.45 bits per heavy atom. The van der Waals surface area contributed by atoms with Crippen LogP contribution in [0.25, 0.3) is 5.69 Å². The van der Waals surface area contributed by atoms with Crippen molar-refractivity contribution >= 4 is 5.69 Å². The van der Waals surface area contributed by atoms with Crippen LogP contribution in [-0.4, -0.2) is 26.0 Å². The molecule has 1 heterocycles. The molecular weight excluding hydrogens is 258 g/mol. The maximum atomic E-state index is 10.7. The Labute approximate surface area is 116 Å². The number of rotatable bonds is 5. The van der Waals surface area contributed by atoms with Crippen molar-refractivity contribution in [3.05, 3.63) is 45.8 Å². The maximum absolute atomic E-state index is 10.7. The number of non-ortho nitro benzene ring substituents is 1. The molecule has 0 fully saturated rings. The van der Waals surface area contributed by atoms with E-state index in [0.29, 0.717) is 12.6 Å². The van der Waals surface area contributed by atoms with Gasteiger partial charge in [-0.25, -0.2) is 4.68 Å². The summed E-state index contributed by atoms with van der Waals surface area (Å²) < 4.78 is 1.64. The Hall–Kier alpha value is -2.28. The first-order chi connectivity index (χ1) is 9.47. The Kier molecular flexibility index (Phi) is 4.09. The van der Waals surface area contributed by atoms with Gasteiger partial charge in [-0.15, -0.1) is 5.10 Å². The summed E-state index contributed by atoms with van der Waals surface area (Å²) >= 11 is 0. The summed E-state index contributed by atoms with van der Waals surface area (Å²) in [6.45, 7) is 6.58. The van der Waals surface area contributed by atoms with E-state index in [0.717, 1.165) is 16.9 Å². The zero-order chi connectivity index (χ0) is 14.7. The lowest BCUT2D eigenvalue weighted by Crippen LogP contribution is -2.21. The molecule has 2 aromatic rings. The van der Waals surface area contributed by atoms with Gasteiger partial charge in [0, 0.05) is 24.7 Å². The zero-order valence-electron chi connectivity index (χ0n) is 11.7. The van der Waals surface area contributed by atoms with Crippen molar-refractivity contribution < 1.29 is 4.92 Å². The molecule has 0 aliphatic carbocycles. The largest absolute Gasteiger partial charge is 0.309 e. The van der Waals surface area contributed by atoms with Crippen LogP contribution in [0.15, 0.2) is 24.4 Å². The van der Waals surface area contributed by atoms with E-state index in [-0.39, 0.29) is 5.69 Å². The second-order valence-corrected chi connectivity index (χ2v) is 4.92. The second kappa shape index (κ2) is 5.79. The zero-order valence-corrected chi connectivity index (χ0v) is 11.7. The molecule has 106 valence electrons. The number of hydrogen-bond acceptors (Lipinski definition) is 5. The standard InChI is InChI=1S/C13H17N5O2/c1-9(2)14-7-11-8-17(16-15-11)13-5-4-12(18(19)20)6-10(13)3/h4-6,8-9,14H,7H2,1-3H3. The lowest BCUT2D eigenvalue weighted by Gasteiger charge is -2.05. The summed E-state index contributed by atoms with van der Waals surface area (Å²) in [5, 5.41) is 22.1. The lowest BCUT2D eigenvalue weighted by molar-refractivity contribution is -0.384. The average Bonchev–Trinajstić information content (AvgIpc) is 2.84. The van der Waals surface area contributed by atoms with Gasteiger partial charge < -0.3 is 5.32 Å². The minimum atomic E-state index is -0.407. The number of nitrogens with one attached hydrogen (secondary N) is 1. The fourth-order valence-electron chi connectivity index (χ4n) is 1.82. The van der Waals surface area contributed by atoms with Crippen LogP contribution >= 0.6 is 0 Å². The van der Waals surface area contributed by atoms with E-state index in [9.17, 15) is 10.1 Å². The van der Waals surface area contributed by atoms with Crippen LogP contribution in [-0.2, 0) is 6.54 Å². The van der Waals surface area contributed by atoms with E-state index < -0.39 is 4.92 Å². The molecule has 20 heavy (non-hydrogen) atoms. The first kappa shape index (κ1) is 14.1. The van der Waals surface area contributed by atoms with Gasteiger partial charge >= 0.3 is 0 Å². The molecule has 0 radical (unpaired) electrons. The molecular formula is C13H17N5O2. The van der Waals surface area contributed by atoms with Crippen molar-refractivity contribution in [2.24, 2.45) is 0 Å². The molecule has 0 saturated heterocycles. The van der Waals surface area contributed by atoms with Crippen molar-refractivity contribution in [2.45, 2.75) is 33.4 Å². The van der Waals surface area contributed by atoms with E-state index >= 15 is 0 Å². The van der Waals surface area contributed by atoms with Gasteiger partial charge in [-0.3, -0.25) is 10.1 Å². The molecule has 0 saturated carbocycles. The molecule has 0 atom stereocenters. The van der Waals surface area contributed by atoms with Gasteiger partial charge in [0.25, 0.3) is 5.69 Å². The number of hydrogen-bond donors (Lipinski definition) is 1. The molecule has 1 aromatic carbocycles. The molecule has 1 aromatic heterocycles. The lowest BCUT2D eigenvalue weighted by atomic mass is 10.2. The molecule has 0 spiro atoms. The van der Waals surface area contributed by atoms with Crippen molar-refractivity contribution in [1.29, 1.82) is 0 Å². The third-order valence-electron chi connectivity index (χ3n) is 2.87. The summed E-state index contributed by atoms with van der Waals surface area (Å²) in [5.41, 5.74) is 2.48. The van der Waals surface area contributed by atoms with Gasteiger partial charge in [-0.1, -0.05) is 19.1 Å². The summed E-state index contributed by atoms with van der Waals surface area (Å²) in [4.78, 5) is 10.3. The summed E-state index contributed by atoms with van der Waals surface area (Å²) in [6, 6.07) is 5.06. The Bertz CT molecular complexity index is 621. The number of benzene rings is 1. The predicted octanol–water partition coefficient (Wildman–Crippen LogP) is 1.98. The highest BCUT2D eigenvalue weighted by Gasteiger charge is 2.11. The fourth-order valence-corrected chi connectivity index (χ4v) is 1.82. The van der Waals surface area contributed by atoms with E-state index in [1.165, 1.54) is 12.1 Å². The maximum Gasteiger partial charge on any atom is 0.269 e. The van der Waals surface area contributed by atoms with Gasteiger partial charge in [0.15, 0.2) is 0 Å². The summed E-state index contributed by atoms with van der Waals surface area (Å²) in [6.07, 6.45) is 1.82. The summed E-state index contributed by atoms with van der Waals surface area (Å²) in [7, 11) is 0.